The van der Waals surface area contributed by atoms with E-state index in [0.717, 1.165) is 11.1 Å². The lowest BCUT2D eigenvalue weighted by molar-refractivity contribution is -0.115. The van der Waals surface area contributed by atoms with Crippen LogP contribution in [0.2, 0.25) is 5.02 Å². The van der Waals surface area contributed by atoms with Crippen LogP contribution in [0.1, 0.15) is 11.1 Å². The molecule has 1 saturated heterocycles. The van der Waals surface area contributed by atoms with Gasteiger partial charge >= 0.3 is 0 Å². The zero-order valence-corrected chi connectivity index (χ0v) is 13.7. The maximum absolute atomic E-state index is 12.9. The SMILES string of the molecule is Cc1c(Cl)cccc1N=C1NC(=O)/C(=C\c2ccc(F)cc2)S1. The van der Waals surface area contributed by atoms with E-state index in [-0.39, 0.29) is 11.7 Å². The predicted molar refractivity (Wildman–Crippen MR) is 93.4 cm³/mol. The molecule has 1 aliphatic heterocycles. The molecule has 0 unspecified atom stereocenters. The maximum Gasteiger partial charge on any atom is 0.264 e. The molecule has 0 radical (unpaired) electrons. The van der Waals surface area contributed by atoms with Crippen molar-refractivity contribution in [1.29, 1.82) is 0 Å². The van der Waals surface area contributed by atoms with E-state index in [9.17, 15) is 9.18 Å². The Morgan fingerprint density at radius 3 is 2.70 bits per heavy atom. The number of amidine groups is 1. The molecule has 1 amide bonds. The van der Waals surface area contributed by atoms with Crippen LogP contribution in [0.3, 0.4) is 0 Å². The highest BCUT2D eigenvalue weighted by molar-refractivity contribution is 8.18. The first kappa shape index (κ1) is 15.8. The van der Waals surface area contributed by atoms with Gasteiger partial charge in [0.05, 0.1) is 10.6 Å². The molecule has 23 heavy (non-hydrogen) atoms. The van der Waals surface area contributed by atoms with Crippen molar-refractivity contribution in [2.45, 2.75) is 6.92 Å². The number of nitrogens with one attached hydrogen (secondary N) is 1. The van der Waals surface area contributed by atoms with Crippen molar-refractivity contribution >= 4 is 46.2 Å². The molecular weight excluding hydrogens is 335 g/mol. The Bertz CT molecular complexity index is 831. The van der Waals surface area contributed by atoms with Crippen molar-refractivity contribution in [3.05, 3.63) is 69.3 Å². The molecule has 0 saturated carbocycles. The van der Waals surface area contributed by atoms with Gasteiger partial charge in [0.1, 0.15) is 5.82 Å². The van der Waals surface area contributed by atoms with Gasteiger partial charge in [0.2, 0.25) is 0 Å². The molecular formula is C17H12ClFN2OS. The number of benzene rings is 2. The molecule has 116 valence electrons. The summed E-state index contributed by atoms with van der Waals surface area (Å²) in [5.74, 6) is -0.535. The van der Waals surface area contributed by atoms with Crippen molar-refractivity contribution in [3.63, 3.8) is 0 Å². The average molecular weight is 347 g/mol. The number of nitrogens with zero attached hydrogens (tertiary/aromatic N) is 1. The number of amides is 1. The molecule has 0 aromatic heterocycles. The molecule has 1 fully saturated rings. The highest BCUT2D eigenvalue weighted by atomic mass is 35.5. The molecule has 3 rings (SSSR count). The minimum absolute atomic E-state index is 0.224. The van der Waals surface area contributed by atoms with Crippen molar-refractivity contribution in [3.8, 4) is 0 Å². The molecule has 0 spiro atoms. The second-order valence-electron chi connectivity index (χ2n) is 4.92. The molecule has 0 bridgehead atoms. The monoisotopic (exact) mass is 346 g/mol. The fraction of sp³-hybridized carbons (Fsp3) is 0.0588. The van der Waals surface area contributed by atoms with Gasteiger partial charge in [-0.3, -0.25) is 4.79 Å². The average Bonchev–Trinajstić information content (AvgIpc) is 2.86. The number of hydrogen-bond donors (Lipinski definition) is 1. The fourth-order valence-electron chi connectivity index (χ4n) is 2.02. The quantitative estimate of drug-likeness (QED) is 0.802. The summed E-state index contributed by atoms with van der Waals surface area (Å²) in [6.07, 6.45) is 1.70. The summed E-state index contributed by atoms with van der Waals surface area (Å²) in [7, 11) is 0. The highest BCUT2D eigenvalue weighted by Gasteiger charge is 2.24. The smallest absolute Gasteiger partial charge is 0.264 e. The van der Waals surface area contributed by atoms with E-state index in [1.165, 1.54) is 23.9 Å². The number of carbonyl (C=O) groups is 1. The number of carbonyl (C=O) groups excluding carboxylic acids is 1. The zero-order chi connectivity index (χ0) is 16.4. The number of aliphatic imine (C=N–C) groups is 1. The third kappa shape index (κ3) is 3.63. The van der Waals surface area contributed by atoms with Gasteiger partial charge in [-0.15, -0.1) is 0 Å². The topological polar surface area (TPSA) is 41.5 Å². The summed E-state index contributed by atoms with van der Waals surface area (Å²) >= 11 is 7.31. The molecule has 1 heterocycles. The summed E-state index contributed by atoms with van der Waals surface area (Å²) in [5.41, 5.74) is 2.32. The summed E-state index contributed by atoms with van der Waals surface area (Å²) in [6.45, 7) is 1.87. The first-order valence-corrected chi connectivity index (χ1v) is 8.02. The zero-order valence-electron chi connectivity index (χ0n) is 12.1. The largest absolute Gasteiger partial charge is 0.300 e. The summed E-state index contributed by atoms with van der Waals surface area (Å²) in [6, 6.07) is 11.4. The van der Waals surface area contributed by atoms with E-state index in [1.807, 2.05) is 19.1 Å². The van der Waals surface area contributed by atoms with Crippen LogP contribution >= 0.6 is 23.4 Å². The van der Waals surface area contributed by atoms with Gasteiger partial charge in [-0.05, 0) is 60.2 Å². The number of halogens is 2. The van der Waals surface area contributed by atoms with Crippen LogP contribution in [0.5, 0.6) is 0 Å². The normalized spacial score (nSPS) is 17.8. The van der Waals surface area contributed by atoms with Gasteiger partial charge in [0.25, 0.3) is 5.91 Å². The Kier molecular flexibility index (Phi) is 4.50. The van der Waals surface area contributed by atoms with Gasteiger partial charge in [-0.1, -0.05) is 29.8 Å². The second kappa shape index (κ2) is 6.56. The van der Waals surface area contributed by atoms with E-state index in [2.05, 4.69) is 10.3 Å². The van der Waals surface area contributed by atoms with Crippen LogP contribution in [-0.4, -0.2) is 11.1 Å². The van der Waals surface area contributed by atoms with Crippen molar-refractivity contribution in [2.24, 2.45) is 4.99 Å². The lowest BCUT2D eigenvalue weighted by atomic mass is 10.2. The number of rotatable bonds is 2. The van der Waals surface area contributed by atoms with Gasteiger partial charge in [0, 0.05) is 5.02 Å². The van der Waals surface area contributed by atoms with Crippen molar-refractivity contribution < 1.29 is 9.18 Å². The second-order valence-corrected chi connectivity index (χ2v) is 6.36. The minimum Gasteiger partial charge on any atom is -0.300 e. The van der Waals surface area contributed by atoms with Crippen molar-refractivity contribution in [2.75, 3.05) is 0 Å². The van der Waals surface area contributed by atoms with Crippen LogP contribution in [0, 0.1) is 12.7 Å². The standard InChI is InChI=1S/C17H12ClFN2OS/c1-10-13(18)3-2-4-14(10)20-17-21-16(22)15(23-17)9-11-5-7-12(19)8-6-11/h2-9H,1H3,(H,20,21,22)/b15-9+. The van der Waals surface area contributed by atoms with Crippen LogP contribution < -0.4 is 5.32 Å². The minimum atomic E-state index is -0.311. The third-order valence-corrected chi connectivity index (χ3v) is 4.60. The summed E-state index contributed by atoms with van der Waals surface area (Å²) < 4.78 is 12.9. The Hall–Kier alpha value is -2.11. The lowest BCUT2D eigenvalue weighted by Gasteiger charge is -2.02. The summed E-state index contributed by atoms with van der Waals surface area (Å²) in [5, 5.41) is 3.84. The maximum atomic E-state index is 12.9. The van der Waals surface area contributed by atoms with Crippen LogP contribution in [0.25, 0.3) is 6.08 Å². The van der Waals surface area contributed by atoms with E-state index < -0.39 is 0 Å². The third-order valence-electron chi connectivity index (χ3n) is 3.28. The predicted octanol–water partition coefficient (Wildman–Crippen LogP) is 4.68. The lowest BCUT2D eigenvalue weighted by Crippen LogP contribution is -2.19. The molecule has 1 N–H and O–H groups in total. The van der Waals surface area contributed by atoms with E-state index in [0.29, 0.717) is 20.8 Å². The molecule has 0 atom stereocenters. The Morgan fingerprint density at radius 1 is 1.22 bits per heavy atom. The Labute approximate surface area is 142 Å². The van der Waals surface area contributed by atoms with Crippen LogP contribution in [0.4, 0.5) is 10.1 Å². The van der Waals surface area contributed by atoms with Crippen molar-refractivity contribution in [1.82, 2.24) is 5.32 Å². The molecule has 0 aliphatic carbocycles. The van der Waals surface area contributed by atoms with Crippen LogP contribution in [-0.2, 0) is 4.79 Å². The first-order chi connectivity index (χ1) is 11.0. The highest BCUT2D eigenvalue weighted by Crippen LogP contribution is 2.31. The molecule has 6 heteroatoms. The number of hydrogen-bond acceptors (Lipinski definition) is 3. The Balaban J connectivity index is 1.86. The molecule has 2 aromatic carbocycles. The van der Waals surface area contributed by atoms with Gasteiger partial charge in [0.15, 0.2) is 5.17 Å². The van der Waals surface area contributed by atoms with Gasteiger partial charge < -0.3 is 5.32 Å². The van der Waals surface area contributed by atoms with E-state index in [4.69, 9.17) is 11.6 Å². The first-order valence-electron chi connectivity index (χ1n) is 6.83. The fourth-order valence-corrected chi connectivity index (χ4v) is 3.02. The van der Waals surface area contributed by atoms with Gasteiger partial charge in [-0.2, -0.15) is 0 Å². The number of thioether (sulfide) groups is 1. The Morgan fingerprint density at radius 2 is 1.96 bits per heavy atom. The van der Waals surface area contributed by atoms with Gasteiger partial charge in [-0.25, -0.2) is 9.38 Å². The molecule has 2 aromatic rings. The van der Waals surface area contributed by atoms with E-state index in [1.54, 1.807) is 24.3 Å². The molecule has 1 aliphatic rings. The van der Waals surface area contributed by atoms with Crippen LogP contribution in [0.15, 0.2) is 52.4 Å². The summed E-state index contributed by atoms with van der Waals surface area (Å²) in [4.78, 5) is 17.0. The molecule has 3 nitrogen and oxygen atoms in total. The van der Waals surface area contributed by atoms with E-state index >= 15 is 0 Å².